The lowest BCUT2D eigenvalue weighted by Gasteiger charge is -2.23. The summed E-state index contributed by atoms with van der Waals surface area (Å²) >= 11 is 0. The Morgan fingerprint density at radius 1 is 1.25 bits per heavy atom. The first-order chi connectivity index (χ1) is 9.62. The summed E-state index contributed by atoms with van der Waals surface area (Å²) in [5.74, 6) is 1.55. The maximum atomic E-state index is 12.1. The van der Waals surface area contributed by atoms with Crippen LogP contribution in [0.3, 0.4) is 0 Å². The highest BCUT2D eigenvalue weighted by Crippen LogP contribution is 2.11. The van der Waals surface area contributed by atoms with Crippen LogP contribution in [-0.4, -0.2) is 54.0 Å². The van der Waals surface area contributed by atoms with Gasteiger partial charge in [-0.15, -0.1) is 0 Å². The highest BCUT2D eigenvalue weighted by atomic mass is 16.2. The van der Waals surface area contributed by atoms with Crippen LogP contribution in [-0.2, 0) is 4.79 Å². The van der Waals surface area contributed by atoms with Crippen molar-refractivity contribution in [1.29, 1.82) is 0 Å². The zero-order chi connectivity index (χ0) is 15.0. The summed E-state index contributed by atoms with van der Waals surface area (Å²) in [7, 11) is 1.86. The van der Waals surface area contributed by atoms with Gasteiger partial charge in [-0.1, -0.05) is 6.92 Å². The third kappa shape index (κ3) is 4.68. The number of hydrogen-bond donors (Lipinski definition) is 1. The molecule has 0 saturated heterocycles. The number of carbonyl (C=O) groups excluding carboxylic acids is 1. The van der Waals surface area contributed by atoms with Crippen LogP contribution in [0.1, 0.15) is 27.2 Å². The van der Waals surface area contributed by atoms with Gasteiger partial charge >= 0.3 is 0 Å². The van der Waals surface area contributed by atoms with Crippen LogP contribution in [0.25, 0.3) is 0 Å². The molecular formula is C14H25N5O. The SMILES string of the molecule is CCCNc1cncc(N(C)CC(=O)N(CC)CC)n1. The Kier molecular flexibility index (Phi) is 6.76. The molecule has 0 spiro atoms. The van der Waals surface area contributed by atoms with Gasteiger partial charge in [0.25, 0.3) is 0 Å². The summed E-state index contributed by atoms with van der Waals surface area (Å²) in [6.45, 7) is 8.69. The molecule has 0 unspecified atom stereocenters. The molecule has 1 amide bonds. The molecule has 0 atom stereocenters. The van der Waals surface area contributed by atoms with Crippen molar-refractivity contribution in [3.8, 4) is 0 Å². The smallest absolute Gasteiger partial charge is 0.242 e. The summed E-state index contributed by atoms with van der Waals surface area (Å²) < 4.78 is 0. The highest BCUT2D eigenvalue weighted by molar-refractivity contribution is 5.81. The number of nitrogens with one attached hydrogen (secondary N) is 1. The van der Waals surface area contributed by atoms with Gasteiger partial charge in [0.05, 0.1) is 18.9 Å². The van der Waals surface area contributed by atoms with Crippen molar-refractivity contribution in [1.82, 2.24) is 14.9 Å². The first kappa shape index (κ1) is 16.2. The van der Waals surface area contributed by atoms with E-state index in [2.05, 4.69) is 22.2 Å². The van der Waals surface area contributed by atoms with Crippen molar-refractivity contribution in [3.05, 3.63) is 12.4 Å². The second-order valence-corrected chi connectivity index (χ2v) is 4.61. The van der Waals surface area contributed by atoms with E-state index in [0.717, 1.165) is 31.9 Å². The summed E-state index contributed by atoms with van der Waals surface area (Å²) in [4.78, 5) is 24.3. The number of anilines is 2. The predicted molar refractivity (Wildman–Crippen MR) is 82.0 cm³/mol. The van der Waals surface area contributed by atoms with Crippen LogP contribution in [0, 0.1) is 0 Å². The van der Waals surface area contributed by atoms with Crippen LogP contribution in [0.15, 0.2) is 12.4 Å². The zero-order valence-corrected chi connectivity index (χ0v) is 12.9. The maximum absolute atomic E-state index is 12.1. The average Bonchev–Trinajstić information content (AvgIpc) is 2.46. The fourth-order valence-electron chi connectivity index (χ4n) is 1.84. The van der Waals surface area contributed by atoms with Crippen LogP contribution >= 0.6 is 0 Å². The summed E-state index contributed by atoms with van der Waals surface area (Å²) in [6.07, 6.45) is 4.40. The van der Waals surface area contributed by atoms with Gasteiger partial charge in [0.1, 0.15) is 11.6 Å². The molecule has 6 nitrogen and oxygen atoms in total. The molecular weight excluding hydrogens is 254 g/mol. The minimum Gasteiger partial charge on any atom is -0.369 e. The van der Waals surface area contributed by atoms with E-state index in [1.165, 1.54) is 0 Å². The number of nitrogens with zero attached hydrogens (tertiary/aromatic N) is 4. The van der Waals surface area contributed by atoms with E-state index in [9.17, 15) is 4.79 Å². The number of carbonyl (C=O) groups is 1. The number of hydrogen-bond acceptors (Lipinski definition) is 5. The average molecular weight is 279 g/mol. The molecule has 6 heteroatoms. The minimum absolute atomic E-state index is 0.103. The van der Waals surface area contributed by atoms with Crippen molar-refractivity contribution >= 4 is 17.5 Å². The third-order valence-corrected chi connectivity index (χ3v) is 3.06. The molecule has 112 valence electrons. The first-order valence-corrected chi connectivity index (χ1v) is 7.17. The highest BCUT2D eigenvalue weighted by Gasteiger charge is 2.14. The fraction of sp³-hybridized carbons (Fsp3) is 0.643. The van der Waals surface area contributed by atoms with Gasteiger partial charge in [-0.2, -0.15) is 0 Å². The Bertz CT molecular complexity index is 420. The lowest BCUT2D eigenvalue weighted by molar-refractivity contribution is -0.129. The van der Waals surface area contributed by atoms with Crippen molar-refractivity contribution in [2.75, 3.05) is 43.4 Å². The molecule has 1 aromatic rings. The lowest BCUT2D eigenvalue weighted by Crippen LogP contribution is -2.39. The van der Waals surface area contributed by atoms with Gasteiger partial charge in [-0.05, 0) is 20.3 Å². The Morgan fingerprint density at radius 2 is 1.95 bits per heavy atom. The van der Waals surface area contributed by atoms with Crippen LogP contribution in [0.2, 0.25) is 0 Å². The van der Waals surface area contributed by atoms with Crippen molar-refractivity contribution in [2.45, 2.75) is 27.2 Å². The molecule has 0 aliphatic carbocycles. The molecule has 0 fully saturated rings. The Hall–Kier alpha value is -1.85. The minimum atomic E-state index is 0.103. The number of aromatic nitrogens is 2. The van der Waals surface area contributed by atoms with Crippen LogP contribution in [0.4, 0.5) is 11.6 Å². The van der Waals surface area contributed by atoms with Crippen LogP contribution < -0.4 is 10.2 Å². The molecule has 1 heterocycles. The van der Waals surface area contributed by atoms with Crippen LogP contribution in [0.5, 0.6) is 0 Å². The first-order valence-electron chi connectivity index (χ1n) is 7.17. The quantitative estimate of drug-likeness (QED) is 0.783. The molecule has 0 radical (unpaired) electrons. The summed E-state index contributed by atoms with van der Waals surface area (Å²) in [5, 5.41) is 3.19. The lowest BCUT2D eigenvalue weighted by atomic mass is 10.4. The van der Waals surface area contributed by atoms with Gasteiger partial charge in [-0.3, -0.25) is 9.78 Å². The molecule has 0 aliphatic heterocycles. The predicted octanol–water partition coefficient (Wildman–Crippen LogP) is 1.60. The Balaban J connectivity index is 2.67. The second kappa shape index (κ2) is 8.35. The van der Waals surface area contributed by atoms with Gasteiger partial charge < -0.3 is 15.1 Å². The van der Waals surface area contributed by atoms with Crippen molar-refractivity contribution in [3.63, 3.8) is 0 Å². The monoisotopic (exact) mass is 279 g/mol. The molecule has 20 heavy (non-hydrogen) atoms. The van der Waals surface area contributed by atoms with Gasteiger partial charge in [0.15, 0.2) is 0 Å². The summed E-state index contributed by atoms with van der Waals surface area (Å²) in [5.41, 5.74) is 0. The number of amides is 1. The normalized spacial score (nSPS) is 10.2. The van der Waals surface area contributed by atoms with Crippen molar-refractivity contribution < 1.29 is 4.79 Å². The molecule has 0 aromatic carbocycles. The largest absolute Gasteiger partial charge is 0.369 e. The van der Waals surface area contributed by atoms with E-state index in [4.69, 9.17) is 0 Å². The molecule has 1 aromatic heterocycles. The topological polar surface area (TPSA) is 61.4 Å². The Morgan fingerprint density at radius 3 is 2.55 bits per heavy atom. The molecule has 0 bridgehead atoms. The molecule has 0 aliphatic rings. The Labute approximate surface area is 121 Å². The van der Waals surface area contributed by atoms with E-state index in [-0.39, 0.29) is 5.91 Å². The number of rotatable bonds is 8. The van der Waals surface area contributed by atoms with E-state index in [1.54, 1.807) is 12.4 Å². The van der Waals surface area contributed by atoms with E-state index < -0.39 is 0 Å². The second-order valence-electron chi connectivity index (χ2n) is 4.61. The van der Waals surface area contributed by atoms with E-state index in [1.807, 2.05) is 30.7 Å². The van der Waals surface area contributed by atoms with Crippen molar-refractivity contribution in [2.24, 2.45) is 0 Å². The molecule has 0 saturated carbocycles. The fourth-order valence-corrected chi connectivity index (χ4v) is 1.84. The van der Waals surface area contributed by atoms with Gasteiger partial charge in [0.2, 0.25) is 5.91 Å². The van der Waals surface area contributed by atoms with Gasteiger partial charge in [0, 0.05) is 26.7 Å². The third-order valence-electron chi connectivity index (χ3n) is 3.06. The molecule has 1 rings (SSSR count). The van der Waals surface area contributed by atoms with E-state index in [0.29, 0.717) is 12.4 Å². The zero-order valence-electron chi connectivity index (χ0n) is 12.9. The number of likely N-dealkylation sites (N-methyl/N-ethyl adjacent to an activating group) is 2. The summed E-state index contributed by atoms with van der Waals surface area (Å²) in [6, 6.07) is 0. The van der Waals surface area contributed by atoms with E-state index >= 15 is 0 Å². The maximum Gasteiger partial charge on any atom is 0.242 e. The molecule has 1 N–H and O–H groups in total. The van der Waals surface area contributed by atoms with Gasteiger partial charge in [-0.25, -0.2) is 4.98 Å². The standard InChI is InChI=1S/C14H25N5O/c1-5-8-16-12-9-15-10-13(17-12)18(4)11-14(20)19(6-2)7-3/h9-10H,5-8,11H2,1-4H3,(H,16,17).